The van der Waals surface area contributed by atoms with Crippen LogP contribution >= 0.6 is 0 Å². The van der Waals surface area contributed by atoms with Crippen molar-refractivity contribution < 1.29 is 14.3 Å². The molecule has 0 aromatic heterocycles. The molecular weight excluding hydrogens is 254 g/mol. The van der Waals surface area contributed by atoms with Crippen molar-refractivity contribution in [2.75, 3.05) is 0 Å². The summed E-state index contributed by atoms with van der Waals surface area (Å²) in [6.07, 6.45) is -1.08. The molecule has 20 heavy (non-hydrogen) atoms. The lowest BCUT2D eigenvalue weighted by Crippen LogP contribution is -2.26. The van der Waals surface area contributed by atoms with E-state index in [2.05, 4.69) is 0 Å². The summed E-state index contributed by atoms with van der Waals surface area (Å²) in [5.74, 6) is -1.27. The molecule has 0 bridgehead atoms. The van der Waals surface area contributed by atoms with Crippen molar-refractivity contribution in [3.8, 4) is 0 Å². The minimum Gasteiger partial charge on any atom is -0.444 e. The van der Waals surface area contributed by atoms with Gasteiger partial charge in [0, 0.05) is 5.56 Å². The molecule has 1 atom stereocenters. The Morgan fingerprint density at radius 3 is 2.35 bits per heavy atom. The molecule has 4 nitrogen and oxygen atoms in total. The van der Waals surface area contributed by atoms with Gasteiger partial charge in [-0.05, 0) is 19.1 Å². The van der Waals surface area contributed by atoms with E-state index in [0.29, 0.717) is 11.1 Å². The number of esters is 1. The number of benzene rings is 2. The molecule has 102 valence electrons. The van der Waals surface area contributed by atoms with E-state index >= 15 is 0 Å². The van der Waals surface area contributed by atoms with Crippen LogP contribution in [0.2, 0.25) is 0 Å². The number of primary amides is 1. The summed E-state index contributed by atoms with van der Waals surface area (Å²) in [7, 11) is 0. The van der Waals surface area contributed by atoms with Crippen molar-refractivity contribution >= 4 is 11.9 Å². The van der Waals surface area contributed by atoms with E-state index in [-0.39, 0.29) is 0 Å². The lowest BCUT2D eigenvalue weighted by molar-refractivity contribution is -0.127. The van der Waals surface area contributed by atoms with E-state index in [0.717, 1.165) is 5.56 Å². The molecular formula is C16H15NO3. The van der Waals surface area contributed by atoms with Crippen LogP contribution in [-0.4, -0.2) is 11.9 Å². The van der Waals surface area contributed by atoms with Crippen LogP contribution in [0.25, 0.3) is 0 Å². The number of amides is 1. The van der Waals surface area contributed by atoms with Crippen LogP contribution in [0, 0.1) is 6.92 Å². The van der Waals surface area contributed by atoms with Crippen LogP contribution in [0.15, 0.2) is 54.6 Å². The molecule has 0 saturated heterocycles. The van der Waals surface area contributed by atoms with E-state index < -0.39 is 18.0 Å². The fourth-order valence-corrected chi connectivity index (χ4v) is 1.87. The predicted molar refractivity (Wildman–Crippen MR) is 75.0 cm³/mol. The lowest BCUT2D eigenvalue weighted by Gasteiger charge is -2.15. The van der Waals surface area contributed by atoms with Gasteiger partial charge in [0.2, 0.25) is 6.10 Å². The summed E-state index contributed by atoms with van der Waals surface area (Å²) in [4.78, 5) is 23.5. The van der Waals surface area contributed by atoms with Crippen LogP contribution in [0.4, 0.5) is 0 Å². The fourth-order valence-electron chi connectivity index (χ4n) is 1.87. The van der Waals surface area contributed by atoms with Gasteiger partial charge in [-0.3, -0.25) is 4.79 Å². The molecule has 1 amide bonds. The molecule has 4 heteroatoms. The minimum atomic E-state index is -1.08. The molecule has 0 fully saturated rings. The second-order valence-electron chi connectivity index (χ2n) is 4.47. The summed E-state index contributed by atoms with van der Waals surface area (Å²) in [5.41, 5.74) is 7.20. The third kappa shape index (κ3) is 3.23. The van der Waals surface area contributed by atoms with E-state index in [1.165, 1.54) is 0 Å². The van der Waals surface area contributed by atoms with Gasteiger partial charge in [0.05, 0.1) is 5.56 Å². The van der Waals surface area contributed by atoms with Crippen molar-refractivity contribution in [1.29, 1.82) is 0 Å². The zero-order valence-electron chi connectivity index (χ0n) is 11.1. The standard InChI is InChI=1S/C16H15NO3/c1-11-6-5-9-13(10-11)16(19)20-14(15(17)18)12-7-3-2-4-8-12/h2-10,14H,1H3,(H2,17,18). The highest BCUT2D eigenvalue weighted by Crippen LogP contribution is 2.19. The SMILES string of the molecule is Cc1cccc(C(=O)OC(C(N)=O)c2ccccc2)c1. The Balaban J connectivity index is 2.21. The maximum Gasteiger partial charge on any atom is 0.339 e. The first-order chi connectivity index (χ1) is 9.58. The zero-order valence-corrected chi connectivity index (χ0v) is 11.1. The Bertz CT molecular complexity index is 623. The number of carbonyl (C=O) groups is 2. The number of nitrogens with two attached hydrogens (primary N) is 1. The van der Waals surface area contributed by atoms with Gasteiger partial charge in [-0.2, -0.15) is 0 Å². The van der Waals surface area contributed by atoms with Gasteiger partial charge in [-0.15, -0.1) is 0 Å². The van der Waals surface area contributed by atoms with Crippen LogP contribution in [0.5, 0.6) is 0 Å². The fraction of sp³-hybridized carbons (Fsp3) is 0.125. The highest BCUT2D eigenvalue weighted by atomic mass is 16.5. The molecule has 2 aromatic carbocycles. The van der Waals surface area contributed by atoms with Crippen LogP contribution in [0.3, 0.4) is 0 Å². The topological polar surface area (TPSA) is 69.4 Å². The third-order valence-electron chi connectivity index (χ3n) is 2.84. The Morgan fingerprint density at radius 2 is 1.75 bits per heavy atom. The second kappa shape index (κ2) is 6.02. The molecule has 2 aromatic rings. The van der Waals surface area contributed by atoms with Crippen molar-refractivity contribution in [3.63, 3.8) is 0 Å². The monoisotopic (exact) mass is 269 g/mol. The van der Waals surface area contributed by atoms with Crippen LogP contribution in [-0.2, 0) is 9.53 Å². The average Bonchev–Trinajstić information content (AvgIpc) is 2.45. The first kappa shape index (κ1) is 13.8. The molecule has 0 saturated carbocycles. The van der Waals surface area contributed by atoms with Gasteiger partial charge in [-0.25, -0.2) is 4.79 Å². The average molecular weight is 269 g/mol. The van der Waals surface area contributed by atoms with Crippen molar-refractivity contribution in [2.45, 2.75) is 13.0 Å². The van der Waals surface area contributed by atoms with Crippen molar-refractivity contribution in [2.24, 2.45) is 5.73 Å². The van der Waals surface area contributed by atoms with E-state index in [9.17, 15) is 9.59 Å². The van der Waals surface area contributed by atoms with E-state index in [1.54, 1.807) is 42.5 Å². The molecule has 0 aliphatic carbocycles. The van der Waals surface area contributed by atoms with Gasteiger partial charge in [0.15, 0.2) is 0 Å². The van der Waals surface area contributed by atoms with Crippen LogP contribution in [0.1, 0.15) is 27.6 Å². The number of aryl methyl sites for hydroxylation is 1. The first-order valence-corrected chi connectivity index (χ1v) is 6.20. The summed E-state index contributed by atoms with van der Waals surface area (Å²) in [5, 5.41) is 0. The van der Waals surface area contributed by atoms with Gasteiger partial charge in [-0.1, -0.05) is 48.0 Å². The van der Waals surface area contributed by atoms with E-state index in [1.807, 2.05) is 19.1 Å². The number of rotatable bonds is 4. The maximum atomic E-state index is 12.1. The van der Waals surface area contributed by atoms with Gasteiger partial charge < -0.3 is 10.5 Å². The normalized spacial score (nSPS) is 11.7. The predicted octanol–water partition coefficient (Wildman–Crippen LogP) is 2.38. The van der Waals surface area contributed by atoms with Crippen molar-refractivity contribution in [3.05, 3.63) is 71.3 Å². The highest BCUT2D eigenvalue weighted by molar-refractivity contribution is 5.92. The lowest BCUT2D eigenvalue weighted by atomic mass is 10.1. The quantitative estimate of drug-likeness (QED) is 0.866. The van der Waals surface area contributed by atoms with Gasteiger partial charge in [0.1, 0.15) is 0 Å². The molecule has 0 aliphatic rings. The Hall–Kier alpha value is -2.62. The number of hydrogen-bond donors (Lipinski definition) is 1. The molecule has 0 radical (unpaired) electrons. The van der Waals surface area contributed by atoms with Gasteiger partial charge in [0.25, 0.3) is 5.91 Å². The van der Waals surface area contributed by atoms with E-state index in [4.69, 9.17) is 10.5 Å². The second-order valence-corrected chi connectivity index (χ2v) is 4.47. The largest absolute Gasteiger partial charge is 0.444 e. The van der Waals surface area contributed by atoms with Gasteiger partial charge >= 0.3 is 5.97 Å². The Labute approximate surface area is 117 Å². The maximum absolute atomic E-state index is 12.1. The number of hydrogen-bond acceptors (Lipinski definition) is 3. The Morgan fingerprint density at radius 1 is 1.05 bits per heavy atom. The molecule has 2 rings (SSSR count). The summed E-state index contributed by atoms with van der Waals surface area (Å²) in [6, 6.07) is 15.7. The summed E-state index contributed by atoms with van der Waals surface area (Å²) < 4.78 is 5.23. The number of carbonyl (C=O) groups excluding carboxylic acids is 2. The summed E-state index contributed by atoms with van der Waals surface area (Å²) in [6.45, 7) is 1.87. The minimum absolute atomic E-state index is 0.396. The van der Waals surface area contributed by atoms with Crippen LogP contribution < -0.4 is 5.73 Å². The van der Waals surface area contributed by atoms with Crippen molar-refractivity contribution in [1.82, 2.24) is 0 Å². The summed E-state index contributed by atoms with van der Waals surface area (Å²) >= 11 is 0. The first-order valence-electron chi connectivity index (χ1n) is 6.20. The molecule has 2 N–H and O–H groups in total. The highest BCUT2D eigenvalue weighted by Gasteiger charge is 2.23. The Kier molecular flexibility index (Phi) is 4.15. The molecule has 1 unspecified atom stereocenters. The molecule has 0 spiro atoms. The smallest absolute Gasteiger partial charge is 0.339 e. The third-order valence-corrected chi connectivity index (χ3v) is 2.84. The molecule has 0 heterocycles. The number of ether oxygens (including phenoxy) is 1. The zero-order chi connectivity index (χ0) is 14.5. The molecule has 0 aliphatic heterocycles.